The highest BCUT2D eigenvalue weighted by Gasteiger charge is 2.62. The quantitative estimate of drug-likeness (QED) is 0.392. The molecule has 0 radical (unpaired) electrons. The van der Waals surface area contributed by atoms with Crippen molar-refractivity contribution in [2.45, 2.75) is 84.3 Å². The molecule has 9 atom stereocenters. The minimum absolute atomic E-state index is 0.000512. The van der Waals surface area contributed by atoms with Crippen molar-refractivity contribution in [3.05, 3.63) is 71.8 Å². The molecule has 0 N–H and O–H groups in total. The minimum atomic E-state index is -0.185. The number of ether oxygens (including phenoxy) is 2. The van der Waals surface area contributed by atoms with Gasteiger partial charge in [0.1, 0.15) is 12.2 Å². The Morgan fingerprint density at radius 1 is 0.737 bits per heavy atom. The van der Waals surface area contributed by atoms with E-state index in [0.717, 1.165) is 32.1 Å². The molecule has 6 rings (SSSR count). The van der Waals surface area contributed by atoms with E-state index in [0.29, 0.717) is 40.7 Å². The molecule has 4 aliphatic rings. The lowest BCUT2D eigenvalue weighted by Gasteiger charge is -2.61. The van der Waals surface area contributed by atoms with E-state index < -0.39 is 0 Å². The molecule has 0 bridgehead atoms. The van der Waals surface area contributed by atoms with E-state index in [4.69, 9.17) is 9.47 Å². The summed E-state index contributed by atoms with van der Waals surface area (Å²) < 4.78 is 12.3. The van der Waals surface area contributed by atoms with Gasteiger partial charge in [-0.05, 0) is 111 Å². The van der Waals surface area contributed by atoms with Crippen LogP contribution in [0.3, 0.4) is 0 Å². The first kappa shape index (κ1) is 25.6. The molecule has 38 heavy (non-hydrogen) atoms. The van der Waals surface area contributed by atoms with Gasteiger partial charge in [-0.25, -0.2) is 9.59 Å². The molecule has 4 aliphatic carbocycles. The molecule has 0 aromatic heterocycles. The average Bonchev–Trinajstić information content (AvgIpc) is 3.26. The van der Waals surface area contributed by atoms with Gasteiger partial charge < -0.3 is 9.47 Å². The molecule has 4 fully saturated rings. The molecule has 0 heterocycles. The Hall–Kier alpha value is -2.62. The van der Waals surface area contributed by atoms with Crippen LogP contribution in [0.1, 0.15) is 92.9 Å². The summed E-state index contributed by atoms with van der Waals surface area (Å²) in [5.41, 5.74) is 1.66. The Kier molecular flexibility index (Phi) is 6.64. The van der Waals surface area contributed by atoms with Crippen LogP contribution in [0.5, 0.6) is 0 Å². The summed E-state index contributed by atoms with van der Waals surface area (Å²) >= 11 is 0. The topological polar surface area (TPSA) is 52.6 Å². The van der Waals surface area contributed by atoms with Gasteiger partial charge in [-0.1, -0.05) is 57.2 Å². The Morgan fingerprint density at radius 3 is 2.00 bits per heavy atom. The SMILES string of the molecule is C[C@@H]1C[C@@]2(C)[C@@H](CC[C@H]3[C@H]2CC[C@]2(C)[C@@H](OC(=O)c4ccccc4)CC[C@@H]32)C[C@H]1OC(=O)c1ccccc1. The van der Waals surface area contributed by atoms with Gasteiger partial charge >= 0.3 is 11.9 Å². The van der Waals surface area contributed by atoms with Crippen molar-refractivity contribution in [2.24, 2.45) is 40.4 Å². The van der Waals surface area contributed by atoms with Crippen LogP contribution >= 0.6 is 0 Å². The molecule has 0 aliphatic heterocycles. The Labute approximate surface area is 227 Å². The largest absolute Gasteiger partial charge is 0.458 e. The maximum absolute atomic E-state index is 12.9. The van der Waals surface area contributed by atoms with Crippen LogP contribution in [0, 0.1) is 40.4 Å². The second-order valence-corrected chi connectivity index (χ2v) is 13.3. The zero-order valence-electron chi connectivity index (χ0n) is 23.1. The van der Waals surface area contributed by atoms with Crippen LogP contribution in [0.2, 0.25) is 0 Å². The molecule has 4 heteroatoms. The highest BCUT2D eigenvalue weighted by atomic mass is 16.5. The molecule has 4 saturated carbocycles. The standard InChI is InChI=1S/C34H42O4/c1-22-21-34(3)25(20-29(22)37-31(35)23-10-6-4-7-11-23)14-15-26-27-16-17-30(33(27,2)19-18-28(26)34)38-32(36)24-12-8-5-9-13-24/h4-13,22,25-30H,14-21H2,1-3H3/t22-,25+,26-,27+,28-,29-,30+,33+,34+/m1/s1. The van der Waals surface area contributed by atoms with E-state index in [1.165, 1.54) is 19.3 Å². The third kappa shape index (κ3) is 4.28. The fraction of sp³-hybridized carbons (Fsp3) is 0.588. The number of rotatable bonds is 4. The van der Waals surface area contributed by atoms with Crippen LogP contribution in [0.25, 0.3) is 0 Å². The lowest BCUT2D eigenvalue weighted by Crippen LogP contribution is -2.56. The third-order valence-corrected chi connectivity index (χ3v) is 11.4. The molecular weight excluding hydrogens is 472 g/mol. The third-order valence-electron chi connectivity index (χ3n) is 11.4. The summed E-state index contributed by atoms with van der Waals surface area (Å²) in [5, 5.41) is 0. The van der Waals surface area contributed by atoms with E-state index in [9.17, 15) is 9.59 Å². The predicted octanol–water partition coefficient (Wildman–Crippen LogP) is 7.73. The average molecular weight is 515 g/mol. The first-order valence-electron chi connectivity index (χ1n) is 14.8. The molecule has 2 aromatic carbocycles. The van der Waals surface area contributed by atoms with Gasteiger partial charge in [0.15, 0.2) is 0 Å². The second-order valence-electron chi connectivity index (χ2n) is 13.3. The maximum Gasteiger partial charge on any atom is 0.338 e. The highest BCUT2D eigenvalue weighted by molar-refractivity contribution is 5.90. The molecule has 4 nitrogen and oxygen atoms in total. The molecule has 0 saturated heterocycles. The van der Waals surface area contributed by atoms with Crippen LogP contribution in [-0.2, 0) is 9.47 Å². The van der Waals surface area contributed by atoms with Gasteiger partial charge in [-0.3, -0.25) is 0 Å². The fourth-order valence-corrected chi connectivity index (χ4v) is 9.44. The van der Waals surface area contributed by atoms with E-state index in [1.807, 2.05) is 60.7 Å². The zero-order chi connectivity index (χ0) is 26.5. The number of benzene rings is 2. The first-order valence-corrected chi connectivity index (χ1v) is 14.8. The molecule has 0 amide bonds. The Bertz CT molecular complexity index is 1160. The van der Waals surface area contributed by atoms with Crippen molar-refractivity contribution in [1.29, 1.82) is 0 Å². The van der Waals surface area contributed by atoms with Gasteiger partial charge in [0.2, 0.25) is 0 Å². The number of carbonyl (C=O) groups excluding carboxylic acids is 2. The maximum atomic E-state index is 12.9. The Balaban J connectivity index is 1.14. The van der Waals surface area contributed by atoms with Crippen molar-refractivity contribution in [3.8, 4) is 0 Å². The normalized spacial score (nSPS) is 39.8. The smallest absolute Gasteiger partial charge is 0.338 e. The number of hydrogen-bond acceptors (Lipinski definition) is 4. The summed E-state index contributed by atoms with van der Waals surface area (Å²) in [7, 11) is 0. The van der Waals surface area contributed by atoms with Gasteiger partial charge in [0, 0.05) is 5.41 Å². The molecule has 2 aromatic rings. The molecule has 0 unspecified atom stereocenters. The van der Waals surface area contributed by atoms with Crippen LogP contribution in [0.4, 0.5) is 0 Å². The molecule has 0 spiro atoms. The second kappa shape index (κ2) is 9.84. The van der Waals surface area contributed by atoms with Crippen molar-refractivity contribution in [1.82, 2.24) is 0 Å². The monoisotopic (exact) mass is 514 g/mol. The molecular formula is C34H42O4. The van der Waals surface area contributed by atoms with E-state index >= 15 is 0 Å². The lowest BCUT2D eigenvalue weighted by molar-refractivity contribution is -0.147. The molecule has 202 valence electrons. The van der Waals surface area contributed by atoms with Gasteiger partial charge in [-0.15, -0.1) is 0 Å². The van der Waals surface area contributed by atoms with Crippen molar-refractivity contribution in [2.75, 3.05) is 0 Å². The number of hydrogen-bond donors (Lipinski definition) is 0. The van der Waals surface area contributed by atoms with Crippen molar-refractivity contribution < 1.29 is 19.1 Å². The van der Waals surface area contributed by atoms with E-state index in [2.05, 4.69) is 20.8 Å². The van der Waals surface area contributed by atoms with E-state index in [-0.39, 0.29) is 35.0 Å². The minimum Gasteiger partial charge on any atom is -0.458 e. The zero-order valence-corrected chi connectivity index (χ0v) is 23.1. The number of esters is 2. The summed E-state index contributed by atoms with van der Waals surface area (Å²) in [6.45, 7) is 7.24. The number of fused-ring (bicyclic) bond motifs is 5. The van der Waals surface area contributed by atoms with Gasteiger partial charge in [-0.2, -0.15) is 0 Å². The predicted molar refractivity (Wildman–Crippen MR) is 148 cm³/mol. The van der Waals surface area contributed by atoms with Crippen molar-refractivity contribution in [3.63, 3.8) is 0 Å². The van der Waals surface area contributed by atoms with Crippen molar-refractivity contribution >= 4 is 11.9 Å². The highest BCUT2D eigenvalue weighted by Crippen LogP contribution is 2.67. The van der Waals surface area contributed by atoms with Crippen LogP contribution < -0.4 is 0 Å². The van der Waals surface area contributed by atoms with Gasteiger partial charge in [0.25, 0.3) is 0 Å². The summed E-state index contributed by atoms with van der Waals surface area (Å²) in [4.78, 5) is 25.7. The van der Waals surface area contributed by atoms with Crippen LogP contribution in [-0.4, -0.2) is 24.1 Å². The summed E-state index contributed by atoms with van der Waals surface area (Å²) in [5.74, 6) is 2.63. The summed E-state index contributed by atoms with van der Waals surface area (Å²) in [6, 6.07) is 18.8. The first-order chi connectivity index (χ1) is 18.3. The van der Waals surface area contributed by atoms with Gasteiger partial charge in [0.05, 0.1) is 11.1 Å². The summed E-state index contributed by atoms with van der Waals surface area (Å²) in [6.07, 6.45) is 9.08. The van der Waals surface area contributed by atoms with E-state index in [1.54, 1.807) is 0 Å². The Morgan fingerprint density at radius 2 is 1.34 bits per heavy atom. The fourth-order valence-electron chi connectivity index (χ4n) is 9.44. The lowest BCUT2D eigenvalue weighted by atomic mass is 9.44. The number of carbonyl (C=O) groups is 2. The van der Waals surface area contributed by atoms with Crippen LogP contribution in [0.15, 0.2) is 60.7 Å².